The van der Waals surface area contributed by atoms with Gasteiger partial charge in [0.05, 0.1) is 49.8 Å². The standard InChI is InChI=1S/2C33H31ClFN3O7.Ca/c2*1-43-27-18-22-24(19-28(27)44-17-4-2-3-8-29(39)40)36-16-13-25(22)45-26-7-5-6-23(30(26)34)38-32(42)33(14-15-33)31(41)37-21-11-9-20(35)10-12-21;/h2*5-7,9-13,16,18-19H,2-4,8,14-15,17H2,1H3,(H,37,41)(H,38,42)(H,39,40);/q;;+2/p-2. The van der Waals surface area contributed by atoms with Gasteiger partial charge in [0, 0.05) is 58.6 Å². The Morgan fingerprint density at radius 1 is 0.473 bits per heavy atom. The molecule has 4 amide bonds. The number of halogens is 4. The number of carboxylic acid groups (broad SMARTS) is 2. The second kappa shape index (κ2) is 31.5. The van der Waals surface area contributed by atoms with Crippen LogP contribution in [0.5, 0.6) is 46.0 Å². The molecule has 0 aliphatic heterocycles. The third-order valence-corrected chi connectivity index (χ3v) is 15.6. The maximum absolute atomic E-state index is 13.2. The van der Waals surface area contributed by atoms with Crippen molar-refractivity contribution in [3.8, 4) is 46.0 Å². The molecule has 8 aromatic rings. The van der Waals surface area contributed by atoms with Gasteiger partial charge in [0.1, 0.15) is 55.5 Å². The summed E-state index contributed by atoms with van der Waals surface area (Å²) in [6.07, 6.45) is 8.35. The number of benzene rings is 6. The van der Waals surface area contributed by atoms with Crippen LogP contribution in [0.1, 0.15) is 77.0 Å². The number of methoxy groups -OCH3 is 2. The van der Waals surface area contributed by atoms with Crippen LogP contribution in [-0.2, 0) is 28.8 Å². The van der Waals surface area contributed by atoms with Gasteiger partial charge in [0.25, 0.3) is 0 Å². The molecule has 25 heteroatoms. The molecule has 0 atom stereocenters. The summed E-state index contributed by atoms with van der Waals surface area (Å²) >= 11 is 13.3. The zero-order valence-corrected chi connectivity index (χ0v) is 53.2. The largest absolute Gasteiger partial charge is 2.00 e. The van der Waals surface area contributed by atoms with Crippen molar-refractivity contribution in [2.45, 2.75) is 77.0 Å². The number of pyridine rings is 2. The van der Waals surface area contributed by atoms with Crippen LogP contribution in [0.3, 0.4) is 0 Å². The van der Waals surface area contributed by atoms with E-state index in [1.807, 2.05) is 0 Å². The van der Waals surface area contributed by atoms with E-state index < -0.39 is 58.0 Å². The summed E-state index contributed by atoms with van der Waals surface area (Å²) in [6.45, 7) is 0.739. The molecular weight excluding hydrogens is 1250 g/mol. The van der Waals surface area contributed by atoms with Gasteiger partial charge in [-0.15, -0.1) is 0 Å². The first-order chi connectivity index (χ1) is 43.4. The molecule has 0 radical (unpaired) electrons. The van der Waals surface area contributed by atoms with Gasteiger partial charge in [0.2, 0.25) is 23.6 Å². The minimum atomic E-state index is -1.26. The van der Waals surface area contributed by atoms with Crippen LogP contribution in [0.15, 0.2) is 134 Å². The van der Waals surface area contributed by atoms with E-state index in [1.54, 1.807) is 85.2 Å². The molecular formula is C66H60CaCl2F2N6O14. The number of aliphatic carboxylic acids is 2. The first-order valence-electron chi connectivity index (χ1n) is 28.7. The van der Waals surface area contributed by atoms with E-state index in [4.69, 9.17) is 51.6 Å². The zero-order chi connectivity index (χ0) is 64.0. The van der Waals surface area contributed by atoms with Crippen molar-refractivity contribution in [2.75, 3.05) is 48.7 Å². The quantitative estimate of drug-likeness (QED) is 0.0201. The molecule has 2 aliphatic rings. The molecule has 2 fully saturated rings. The molecule has 2 heterocycles. The molecule has 0 unspecified atom stereocenters. The Kier molecular flexibility index (Phi) is 23.6. The second-order valence-electron chi connectivity index (χ2n) is 21.2. The SMILES string of the molecule is COc1cc2c(Oc3cccc(NC(=O)C4(C(=O)Nc5ccc(F)cc5)CC4)c3Cl)ccnc2cc1OCCCCCC(=O)[O-].COc1cc2c(Oc3cccc(NC(=O)C4(C(=O)Nc5ccc(F)cc5)CC4)c3Cl)ccnc2cc1OCCCCCC(=O)[O-].[Ca+2]. The number of rotatable bonds is 28. The normalized spacial score (nSPS) is 13.0. The number of hydrogen-bond donors (Lipinski definition) is 4. The fourth-order valence-corrected chi connectivity index (χ4v) is 9.89. The number of carbonyl (C=O) groups is 6. The molecule has 4 N–H and O–H groups in total. The first-order valence-corrected chi connectivity index (χ1v) is 29.4. The van der Waals surface area contributed by atoms with Gasteiger partial charge in [-0.25, -0.2) is 8.78 Å². The number of amides is 4. The van der Waals surface area contributed by atoms with E-state index in [1.165, 1.54) is 62.8 Å². The van der Waals surface area contributed by atoms with Crippen LogP contribution in [0.4, 0.5) is 31.5 Å². The van der Waals surface area contributed by atoms with Crippen LogP contribution < -0.4 is 59.9 Å². The summed E-state index contributed by atoms with van der Waals surface area (Å²) in [5, 5.41) is 33.6. The Hall–Kier alpha value is -8.54. The minimum absolute atomic E-state index is 0. The topological polar surface area (TPSA) is 278 Å². The number of fused-ring (bicyclic) bond motifs is 2. The minimum Gasteiger partial charge on any atom is -0.550 e. The Bertz CT molecular complexity index is 3720. The van der Waals surface area contributed by atoms with Crippen LogP contribution >= 0.6 is 23.2 Å². The van der Waals surface area contributed by atoms with Crippen molar-refractivity contribution < 1.29 is 76.2 Å². The molecule has 0 spiro atoms. The summed E-state index contributed by atoms with van der Waals surface area (Å²) in [5.41, 5.74) is -0.0611. The molecule has 6 aromatic carbocycles. The number of carbonyl (C=O) groups excluding carboxylic acids is 6. The van der Waals surface area contributed by atoms with E-state index in [9.17, 15) is 47.8 Å². The van der Waals surface area contributed by atoms with Crippen LogP contribution in [-0.4, -0.2) is 111 Å². The molecule has 91 heavy (non-hydrogen) atoms. The van der Waals surface area contributed by atoms with Gasteiger partial charge in [-0.05, 0) is 174 Å². The molecule has 468 valence electrons. The Balaban J connectivity index is 0.000000232. The van der Waals surface area contributed by atoms with Gasteiger partial charge >= 0.3 is 37.7 Å². The molecule has 20 nitrogen and oxygen atoms in total. The number of ether oxygens (including phenoxy) is 6. The van der Waals surface area contributed by atoms with Gasteiger partial charge in [-0.1, -0.05) is 35.3 Å². The molecule has 2 saturated carbocycles. The van der Waals surface area contributed by atoms with Crippen LogP contribution in [0.2, 0.25) is 10.0 Å². The van der Waals surface area contributed by atoms with E-state index in [0.717, 1.165) is 0 Å². The van der Waals surface area contributed by atoms with Crippen molar-refractivity contribution in [3.63, 3.8) is 0 Å². The predicted octanol–water partition coefficient (Wildman–Crippen LogP) is 11.4. The summed E-state index contributed by atoms with van der Waals surface area (Å²) in [6, 6.07) is 30.7. The summed E-state index contributed by atoms with van der Waals surface area (Å²) in [7, 11) is 3.03. The number of hydrogen-bond acceptors (Lipinski definition) is 16. The number of nitrogens with zero attached hydrogens (tertiary/aromatic N) is 2. The number of unbranched alkanes of at least 4 members (excludes halogenated alkanes) is 4. The van der Waals surface area contributed by atoms with E-state index in [0.29, 0.717) is 145 Å². The second-order valence-corrected chi connectivity index (χ2v) is 21.9. The fourth-order valence-electron chi connectivity index (χ4n) is 9.47. The van der Waals surface area contributed by atoms with Gasteiger partial charge in [-0.3, -0.25) is 29.1 Å². The summed E-state index contributed by atoms with van der Waals surface area (Å²) in [4.78, 5) is 82.4. The van der Waals surface area contributed by atoms with E-state index in [-0.39, 0.29) is 83.5 Å². The Morgan fingerprint density at radius 2 is 0.846 bits per heavy atom. The van der Waals surface area contributed by atoms with Crippen molar-refractivity contribution in [2.24, 2.45) is 10.8 Å². The molecule has 2 aromatic heterocycles. The number of carboxylic acids is 2. The maximum Gasteiger partial charge on any atom is 2.00 e. The maximum atomic E-state index is 13.2. The average Bonchev–Trinajstić information content (AvgIpc) is 1.63. The van der Waals surface area contributed by atoms with Crippen molar-refractivity contribution >= 4 is 141 Å². The van der Waals surface area contributed by atoms with E-state index in [2.05, 4.69) is 31.2 Å². The van der Waals surface area contributed by atoms with Crippen molar-refractivity contribution in [1.29, 1.82) is 0 Å². The average molecular weight is 1310 g/mol. The van der Waals surface area contributed by atoms with Crippen LogP contribution in [0.25, 0.3) is 21.8 Å². The molecule has 0 saturated heterocycles. The van der Waals surface area contributed by atoms with Crippen molar-refractivity contribution in [1.82, 2.24) is 9.97 Å². The molecule has 0 bridgehead atoms. The Morgan fingerprint density at radius 3 is 1.20 bits per heavy atom. The van der Waals surface area contributed by atoms with Crippen molar-refractivity contribution in [3.05, 3.63) is 155 Å². The first kappa shape index (κ1) is 68.4. The number of anilines is 4. The monoisotopic (exact) mass is 1310 g/mol. The smallest absolute Gasteiger partial charge is 0.550 e. The van der Waals surface area contributed by atoms with Gasteiger partial charge in [0.15, 0.2) is 23.0 Å². The third-order valence-electron chi connectivity index (χ3n) is 14.8. The molecule has 10 rings (SSSR count). The Labute approximate surface area is 561 Å². The zero-order valence-electron chi connectivity index (χ0n) is 49.4. The van der Waals surface area contributed by atoms with Gasteiger partial charge < -0.3 is 69.5 Å². The summed E-state index contributed by atoms with van der Waals surface area (Å²) < 4.78 is 61.7. The number of nitrogens with one attached hydrogen (secondary N) is 4. The summed E-state index contributed by atoms with van der Waals surface area (Å²) in [5.74, 6) is -1.72. The third kappa shape index (κ3) is 17.5. The van der Waals surface area contributed by atoms with Crippen LogP contribution in [0, 0.1) is 22.5 Å². The number of aromatic nitrogens is 2. The van der Waals surface area contributed by atoms with Gasteiger partial charge in [-0.2, -0.15) is 0 Å². The fraction of sp³-hybridized carbons (Fsp3) is 0.273. The predicted molar refractivity (Wildman–Crippen MR) is 334 cm³/mol. The molecule has 2 aliphatic carbocycles. The van der Waals surface area contributed by atoms with E-state index >= 15 is 0 Å².